The van der Waals surface area contributed by atoms with Crippen LogP contribution in [0, 0.1) is 13.8 Å². The lowest BCUT2D eigenvalue weighted by Gasteiger charge is -2.03. The molecule has 0 saturated heterocycles. The number of nitrogens with two attached hydrogens (primary N) is 1. The van der Waals surface area contributed by atoms with Crippen molar-refractivity contribution in [3.05, 3.63) is 41.0 Å². The van der Waals surface area contributed by atoms with E-state index in [1.165, 1.54) is 6.20 Å². The van der Waals surface area contributed by atoms with Gasteiger partial charge >= 0.3 is 0 Å². The molecule has 1 amide bonds. The van der Waals surface area contributed by atoms with E-state index in [0.717, 1.165) is 17.0 Å². The Balaban J connectivity index is 2.22. The van der Waals surface area contributed by atoms with Crippen molar-refractivity contribution in [1.82, 2.24) is 20.0 Å². The number of pyridine rings is 1. The minimum atomic E-state index is -0.579. The highest BCUT2D eigenvalue weighted by Crippen LogP contribution is 2.06. The van der Waals surface area contributed by atoms with Gasteiger partial charge in [-0.1, -0.05) is 5.21 Å². The van der Waals surface area contributed by atoms with Crippen LogP contribution in [0.15, 0.2) is 18.3 Å². The Labute approximate surface area is 98.5 Å². The molecular formula is C11H13N5O. The summed E-state index contributed by atoms with van der Waals surface area (Å²) in [5, 5.41) is 7.49. The molecule has 6 nitrogen and oxygen atoms in total. The number of amides is 1. The first-order valence-corrected chi connectivity index (χ1v) is 5.18. The van der Waals surface area contributed by atoms with Gasteiger partial charge in [0.25, 0.3) is 5.91 Å². The van der Waals surface area contributed by atoms with Gasteiger partial charge in [-0.2, -0.15) is 0 Å². The van der Waals surface area contributed by atoms with Crippen molar-refractivity contribution >= 4 is 5.91 Å². The molecule has 0 aromatic carbocycles. The summed E-state index contributed by atoms with van der Waals surface area (Å²) in [5.41, 5.74) is 8.23. The number of aromatic nitrogens is 4. The lowest BCUT2D eigenvalue weighted by molar-refractivity contribution is 0.0995. The normalized spacial score (nSPS) is 10.5. The smallest absolute Gasteiger partial charge is 0.270 e. The maximum atomic E-state index is 10.9. The summed E-state index contributed by atoms with van der Waals surface area (Å²) >= 11 is 0. The minimum Gasteiger partial charge on any atom is -0.364 e. The average molecular weight is 231 g/mol. The standard InChI is InChI=1S/C11H13N5O/c1-7-3-8(2)13-9(4-7)5-16-6-10(11(12)17)14-15-16/h3-4,6H,5H2,1-2H3,(H2,12,17). The summed E-state index contributed by atoms with van der Waals surface area (Å²) in [6.45, 7) is 4.42. The zero-order valence-electron chi connectivity index (χ0n) is 9.71. The fourth-order valence-corrected chi connectivity index (χ4v) is 1.66. The fraction of sp³-hybridized carbons (Fsp3) is 0.273. The molecule has 0 fully saturated rings. The first-order chi connectivity index (χ1) is 8.04. The topological polar surface area (TPSA) is 86.7 Å². The van der Waals surface area contributed by atoms with Gasteiger partial charge in [0.1, 0.15) is 0 Å². The van der Waals surface area contributed by atoms with E-state index in [-0.39, 0.29) is 5.69 Å². The summed E-state index contributed by atoms with van der Waals surface area (Å²) in [5.74, 6) is -0.579. The lowest BCUT2D eigenvalue weighted by Crippen LogP contribution is -2.11. The van der Waals surface area contributed by atoms with Crippen LogP contribution in [0.3, 0.4) is 0 Å². The molecule has 0 aliphatic carbocycles. The highest BCUT2D eigenvalue weighted by atomic mass is 16.1. The molecule has 88 valence electrons. The van der Waals surface area contributed by atoms with E-state index >= 15 is 0 Å². The van der Waals surface area contributed by atoms with Crippen LogP contribution < -0.4 is 5.73 Å². The minimum absolute atomic E-state index is 0.161. The lowest BCUT2D eigenvalue weighted by atomic mass is 10.2. The van der Waals surface area contributed by atoms with Gasteiger partial charge < -0.3 is 5.73 Å². The van der Waals surface area contributed by atoms with Crippen molar-refractivity contribution < 1.29 is 4.79 Å². The molecule has 2 heterocycles. The van der Waals surface area contributed by atoms with E-state index in [0.29, 0.717) is 6.54 Å². The number of carbonyl (C=O) groups excluding carboxylic acids is 1. The van der Waals surface area contributed by atoms with Gasteiger partial charge in [-0.15, -0.1) is 5.10 Å². The largest absolute Gasteiger partial charge is 0.364 e. The van der Waals surface area contributed by atoms with Crippen LogP contribution >= 0.6 is 0 Å². The van der Waals surface area contributed by atoms with Crippen LogP contribution in [-0.2, 0) is 6.54 Å². The molecule has 2 aromatic heterocycles. The van der Waals surface area contributed by atoms with Crippen molar-refractivity contribution in [2.75, 3.05) is 0 Å². The number of hydrogen-bond acceptors (Lipinski definition) is 4. The second kappa shape index (κ2) is 4.32. The maximum absolute atomic E-state index is 10.9. The summed E-state index contributed by atoms with van der Waals surface area (Å²) in [4.78, 5) is 15.2. The van der Waals surface area contributed by atoms with Crippen molar-refractivity contribution in [2.45, 2.75) is 20.4 Å². The van der Waals surface area contributed by atoms with Gasteiger partial charge in [0.2, 0.25) is 0 Å². The molecule has 0 radical (unpaired) electrons. The molecule has 0 unspecified atom stereocenters. The Morgan fingerprint density at radius 3 is 2.76 bits per heavy atom. The zero-order chi connectivity index (χ0) is 12.4. The molecule has 0 spiro atoms. The summed E-state index contributed by atoms with van der Waals surface area (Å²) in [7, 11) is 0. The van der Waals surface area contributed by atoms with E-state index in [9.17, 15) is 4.79 Å². The summed E-state index contributed by atoms with van der Waals surface area (Å²) in [6.07, 6.45) is 1.52. The second-order valence-electron chi connectivity index (χ2n) is 3.94. The average Bonchev–Trinajstić information content (AvgIpc) is 2.64. The first-order valence-electron chi connectivity index (χ1n) is 5.18. The van der Waals surface area contributed by atoms with Crippen LogP contribution in [0.1, 0.15) is 27.4 Å². The third-order valence-electron chi connectivity index (χ3n) is 2.27. The van der Waals surface area contributed by atoms with Crippen molar-refractivity contribution in [2.24, 2.45) is 5.73 Å². The predicted octanol–water partition coefficient (Wildman–Crippen LogP) is 0.437. The maximum Gasteiger partial charge on any atom is 0.270 e. The Hall–Kier alpha value is -2.24. The molecule has 2 rings (SSSR count). The SMILES string of the molecule is Cc1cc(C)nc(Cn2cc(C(N)=O)nn2)c1. The molecule has 0 bridgehead atoms. The molecule has 6 heteroatoms. The number of rotatable bonds is 3. The Morgan fingerprint density at radius 2 is 2.18 bits per heavy atom. The van der Waals surface area contributed by atoms with Gasteiger partial charge in [-0.25, -0.2) is 4.68 Å². The van der Waals surface area contributed by atoms with Crippen molar-refractivity contribution in [3.8, 4) is 0 Å². The molecule has 0 aliphatic rings. The van der Waals surface area contributed by atoms with Crippen LogP contribution in [-0.4, -0.2) is 25.9 Å². The molecule has 0 saturated carbocycles. The van der Waals surface area contributed by atoms with Gasteiger partial charge in [0, 0.05) is 5.69 Å². The first kappa shape index (κ1) is 11.3. The zero-order valence-corrected chi connectivity index (χ0v) is 9.71. The van der Waals surface area contributed by atoms with E-state index in [2.05, 4.69) is 15.3 Å². The van der Waals surface area contributed by atoms with Gasteiger partial charge in [0.05, 0.1) is 18.4 Å². The van der Waals surface area contributed by atoms with E-state index < -0.39 is 5.91 Å². The van der Waals surface area contributed by atoms with Crippen molar-refractivity contribution in [3.63, 3.8) is 0 Å². The molecular weight excluding hydrogens is 218 g/mol. The Kier molecular flexibility index (Phi) is 2.86. The monoisotopic (exact) mass is 231 g/mol. The number of aryl methyl sites for hydroxylation is 2. The van der Waals surface area contributed by atoms with Crippen LogP contribution in [0.25, 0.3) is 0 Å². The molecule has 2 aromatic rings. The second-order valence-corrected chi connectivity index (χ2v) is 3.94. The van der Waals surface area contributed by atoms with Crippen LogP contribution in [0.4, 0.5) is 0 Å². The third-order valence-corrected chi connectivity index (χ3v) is 2.27. The highest BCUT2D eigenvalue weighted by Gasteiger charge is 2.07. The Bertz CT molecular complexity index is 540. The molecule has 0 aliphatic heterocycles. The third kappa shape index (κ3) is 2.66. The Morgan fingerprint density at radius 1 is 1.41 bits per heavy atom. The van der Waals surface area contributed by atoms with Crippen molar-refractivity contribution in [1.29, 1.82) is 0 Å². The van der Waals surface area contributed by atoms with E-state index in [1.807, 2.05) is 26.0 Å². The van der Waals surface area contributed by atoms with Gasteiger partial charge in [0.15, 0.2) is 5.69 Å². The van der Waals surface area contributed by atoms with Gasteiger partial charge in [-0.3, -0.25) is 9.78 Å². The molecule has 0 atom stereocenters. The quantitative estimate of drug-likeness (QED) is 0.830. The molecule has 17 heavy (non-hydrogen) atoms. The summed E-state index contributed by atoms with van der Waals surface area (Å²) in [6, 6.07) is 3.97. The number of carbonyl (C=O) groups is 1. The van der Waals surface area contributed by atoms with E-state index in [4.69, 9.17) is 5.73 Å². The van der Waals surface area contributed by atoms with E-state index in [1.54, 1.807) is 4.68 Å². The predicted molar refractivity (Wildman–Crippen MR) is 61.4 cm³/mol. The summed E-state index contributed by atoms with van der Waals surface area (Å²) < 4.78 is 1.54. The highest BCUT2D eigenvalue weighted by molar-refractivity contribution is 5.90. The number of primary amides is 1. The van der Waals surface area contributed by atoms with Crippen LogP contribution in [0.5, 0.6) is 0 Å². The number of nitrogens with zero attached hydrogens (tertiary/aromatic N) is 4. The van der Waals surface area contributed by atoms with Crippen LogP contribution in [0.2, 0.25) is 0 Å². The van der Waals surface area contributed by atoms with Gasteiger partial charge in [-0.05, 0) is 31.5 Å². The molecule has 2 N–H and O–H groups in total. The fourth-order valence-electron chi connectivity index (χ4n) is 1.66. The number of hydrogen-bond donors (Lipinski definition) is 1.